The lowest BCUT2D eigenvalue weighted by atomic mass is 10.1. The Hall–Kier alpha value is -4.57. The van der Waals surface area contributed by atoms with Gasteiger partial charge in [0, 0.05) is 9.79 Å². The molecule has 0 radical (unpaired) electrons. The highest BCUT2D eigenvalue weighted by atomic mass is 32.2. The number of nitrogens with two attached hydrogens (primary N) is 6. The van der Waals surface area contributed by atoms with Crippen molar-refractivity contribution < 1.29 is 0 Å². The van der Waals surface area contributed by atoms with Gasteiger partial charge in [-0.25, -0.2) is 0 Å². The average Bonchev–Trinajstić information content (AvgIpc) is 3.25. The van der Waals surface area contributed by atoms with E-state index in [4.69, 9.17) is 0 Å². The number of benzene rings is 6. The first-order valence-corrected chi connectivity index (χ1v) is 17.1. The minimum atomic E-state index is 1.03. The highest BCUT2D eigenvalue weighted by molar-refractivity contribution is 7.99. The maximum atomic E-state index is 4.50. The molecule has 0 aliphatic carbocycles. The Balaban J connectivity index is -0.000000575. The Bertz CT molecular complexity index is 1240. The minimum Gasteiger partial charge on any atom is -0.333 e. The summed E-state index contributed by atoms with van der Waals surface area (Å²) in [6.07, 6.45) is 1.03. The van der Waals surface area contributed by atoms with Crippen LogP contribution in [0.5, 0.6) is 0 Å². The second-order valence-corrected chi connectivity index (χ2v) is 9.76. The second-order valence-electron chi connectivity index (χ2n) is 8.61. The van der Waals surface area contributed by atoms with Crippen LogP contribution in [0, 0.1) is 0 Å². The van der Waals surface area contributed by atoms with Gasteiger partial charge < -0.3 is 34.4 Å². The first-order chi connectivity index (χ1) is 24.9. The fourth-order valence-corrected chi connectivity index (χ4v) is 4.66. The van der Waals surface area contributed by atoms with Gasteiger partial charge in [0.2, 0.25) is 0 Å². The van der Waals surface area contributed by atoms with Crippen LogP contribution in [-0.4, -0.2) is 42.3 Å². The van der Waals surface area contributed by atoms with Crippen LogP contribution in [0.15, 0.2) is 192 Å². The van der Waals surface area contributed by atoms with E-state index in [1.807, 2.05) is 24.3 Å². The quantitative estimate of drug-likeness (QED) is 0.107. The van der Waals surface area contributed by atoms with E-state index < -0.39 is 0 Å². The summed E-state index contributed by atoms with van der Waals surface area (Å²) in [5.74, 6) is 0. The van der Waals surface area contributed by atoms with Crippen molar-refractivity contribution >= 4 is 11.8 Å². The summed E-state index contributed by atoms with van der Waals surface area (Å²) < 4.78 is 0. The smallest absolute Gasteiger partial charge is 0.0122 e. The molecule has 0 aromatic heterocycles. The van der Waals surface area contributed by atoms with Crippen molar-refractivity contribution in [3.63, 3.8) is 0 Å². The van der Waals surface area contributed by atoms with Crippen molar-refractivity contribution in [2.45, 2.75) is 16.2 Å². The standard InChI is InChI=1S/C13H12.C12H10S.C12H10.6CH5N/c1-3-7-12(8-4-1)11-13-9-5-2-6-10-13;1-3-7-11(8-4-1)13-12-9-5-2-6-10-12;1-3-7-11(8-4-1)12-9-5-2-6-10-12;6*1-2/h1-10H,11H2;1-10H;1-10H;6*2H2,1H3. The van der Waals surface area contributed by atoms with Crippen molar-refractivity contribution in [1.82, 2.24) is 0 Å². The summed E-state index contributed by atoms with van der Waals surface area (Å²) in [6.45, 7) is 0. The van der Waals surface area contributed by atoms with E-state index in [-0.39, 0.29) is 0 Å². The number of rotatable bonds is 5. The molecule has 0 aliphatic heterocycles. The predicted molar refractivity (Wildman–Crippen MR) is 225 cm³/mol. The zero-order valence-electron chi connectivity index (χ0n) is 30.9. The van der Waals surface area contributed by atoms with Crippen molar-refractivity contribution in [3.05, 3.63) is 193 Å². The summed E-state index contributed by atoms with van der Waals surface area (Å²) in [5, 5.41) is 0. The van der Waals surface area contributed by atoms with E-state index in [1.54, 1.807) is 11.8 Å². The van der Waals surface area contributed by atoms with E-state index in [9.17, 15) is 0 Å². The molecule has 6 aromatic carbocycles. The van der Waals surface area contributed by atoms with E-state index >= 15 is 0 Å². The molecule has 12 N–H and O–H groups in total. The molecule has 0 spiro atoms. The largest absolute Gasteiger partial charge is 0.333 e. The van der Waals surface area contributed by atoms with E-state index in [1.165, 1.54) is 74.3 Å². The van der Waals surface area contributed by atoms with Gasteiger partial charge in [0.15, 0.2) is 0 Å². The maximum absolute atomic E-state index is 4.50. The van der Waals surface area contributed by atoms with Crippen LogP contribution < -0.4 is 34.4 Å². The zero-order valence-corrected chi connectivity index (χ0v) is 31.7. The van der Waals surface area contributed by atoms with Gasteiger partial charge in [-0.2, -0.15) is 0 Å². The lowest BCUT2D eigenvalue weighted by molar-refractivity contribution is 1.19. The van der Waals surface area contributed by atoms with Gasteiger partial charge in [0.25, 0.3) is 0 Å². The molecule has 50 heavy (non-hydrogen) atoms. The average molecular weight is 695 g/mol. The van der Waals surface area contributed by atoms with Crippen molar-refractivity contribution in [1.29, 1.82) is 0 Å². The molecule has 0 saturated carbocycles. The van der Waals surface area contributed by atoms with Crippen LogP contribution in [0.1, 0.15) is 11.1 Å². The molecule has 6 nitrogen and oxygen atoms in total. The molecule has 0 unspecified atom stereocenters. The number of hydrogen-bond donors (Lipinski definition) is 6. The fraction of sp³-hybridized carbons (Fsp3) is 0.163. The summed E-state index contributed by atoms with van der Waals surface area (Å²) in [5.41, 5.74) is 32.3. The zero-order chi connectivity index (χ0) is 38.1. The topological polar surface area (TPSA) is 156 Å². The molecule has 6 aromatic rings. The predicted octanol–water partition coefficient (Wildman–Crippen LogP) is 7.92. The van der Waals surface area contributed by atoms with E-state index in [0.29, 0.717) is 0 Å². The van der Waals surface area contributed by atoms with Crippen LogP contribution in [-0.2, 0) is 6.42 Å². The van der Waals surface area contributed by atoms with Gasteiger partial charge >= 0.3 is 0 Å². The van der Waals surface area contributed by atoms with E-state index in [0.717, 1.165) is 6.42 Å². The SMILES string of the molecule is CN.CN.CN.CN.CN.CN.c1ccc(-c2ccccc2)cc1.c1ccc(Cc2ccccc2)cc1.c1ccc(Sc2ccccc2)cc1. The molecular formula is C43H62N6S. The lowest BCUT2D eigenvalue weighted by Crippen LogP contribution is -1.85. The summed E-state index contributed by atoms with van der Waals surface area (Å²) in [7, 11) is 9.00. The third-order valence-corrected chi connectivity index (χ3v) is 6.71. The lowest BCUT2D eigenvalue weighted by Gasteiger charge is -2.00. The molecule has 0 heterocycles. The highest BCUT2D eigenvalue weighted by Crippen LogP contribution is 2.26. The fourth-order valence-electron chi connectivity index (χ4n) is 3.80. The molecule has 0 aliphatic rings. The van der Waals surface area contributed by atoms with Crippen LogP contribution in [0.3, 0.4) is 0 Å². The van der Waals surface area contributed by atoms with Crippen LogP contribution in [0.25, 0.3) is 11.1 Å². The van der Waals surface area contributed by atoms with Crippen molar-refractivity contribution in [2.24, 2.45) is 34.4 Å². The Morgan fingerprint density at radius 1 is 0.280 bits per heavy atom. The third kappa shape index (κ3) is 25.4. The third-order valence-electron chi connectivity index (χ3n) is 5.70. The first-order valence-electron chi connectivity index (χ1n) is 16.3. The van der Waals surface area contributed by atoms with Crippen LogP contribution in [0.4, 0.5) is 0 Å². The molecule has 0 fully saturated rings. The number of hydrogen-bond acceptors (Lipinski definition) is 7. The molecule has 270 valence electrons. The molecule has 0 amide bonds. The Morgan fingerprint density at radius 2 is 0.480 bits per heavy atom. The molecule has 6 rings (SSSR count). The van der Waals surface area contributed by atoms with Crippen molar-refractivity contribution in [2.75, 3.05) is 42.3 Å². The monoisotopic (exact) mass is 694 g/mol. The van der Waals surface area contributed by atoms with Gasteiger partial charge in [0.05, 0.1) is 0 Å². The first kappa shape index (κ1) is 49.8. The highest BCUT2D eigenvalue weighted by Gasteiger charge is 1.94. The minimum absolute atomic E-state index is 1.03. The Kier molecular flexibility index (Phi) is 40.5. The maximum Gasteiger partial charge on any atom is 0.0122 e. The Morgan fingerprint density at radius 3 is 0.720 bits per heavy atom. The molecule has 0 saturated heterocycles. The second kappa shape index (κ2) is 40.6. The van der Waals surface area contributed by atoms with Gasteiger partial charge in [-0.1, -0.05) is 169 Å². The van der Waals surface area contributed by atoms with Crippen molar-refractivity contribution in [3.8, 4) is 11.1 Å². The summed E-state index contributed by atoms with van der Waals surface area (Å²) in [4.78, 5) is 2.57. The molecule has 0 bridgehead atoms. The summed E-state index contributed by atoms with van der Waals surface area (Å²) >= 11 is 1.79. The van der Waals surface area contributed by atoms with Gasteiger partial charge in [-0.05, 0) is 95.2 Å². The summed E-state index contributed by atoms with van der Waals surface area (Å²) in [6, 6.07) is 62.7. The van der Waals surface area contributed by atoms with Crippen LogP contribution >= 0.6 is 11.8 Å². The molecule has 7 heteroatoms. The van der Waals surface area contributed by atoms with E-state index in [2.05, 4.69) is 192 Å². The van der Waals surface area contributed by atoms with Gasteiger partial charge in [-0.3, -0.25) is 0 Å². The Labute approximate surface area is 307 Å². The van der Waals surface area contributed by atoms with Gasteiger partial charge in [-0.15, -0.1) is 0 Å². The molecule has 0 atom stereocenters. The van der Waals surface area contributed by atoms with Gasteiger partial charge in [0.1, 0.15) is 0 Å². The van der Waals surface area contributed by atoms with Crippen LogP contribution in [0.2, 0.25) is 0 Å². The molecular weight excluding hydrogens is 633 g/mol. The normalized spacial score (nSPS) is 8.16.